The molecule has 0 aliphatic heterocycles. The van der Waals surface area contributed by atoms with Gasteiger partial charge in [-0.25, -0.2) is 0 Å². The molecule has 2 nitrogen and oxygen atoms in total. The van der Waals surface area contributed by atoms with Crippen LogP contribution in [-0.2, 0) is 9.47 Å². The average molecular weight is 766 g/mol. The Bertz CT molecular complexity index is 1100. The van der Waals surface area contributed by atoms with E-state index in [1.165, 1.54) is 0 Å². The van der Waals surface area contributed by atoms with Gasteiger partial charge in [0.15, 0.2) is 0 Å². The van der Waals surface area contributed by atoms with Crippen LogP contribution in [0.1, 0.15) is 26.2 Å². The zero-order valence-electron chi connectivity index (χ0n) is 21.5. The number of halogens is 26. The van der Waals surface area contributed by atoms with Crippen LogP contribution in [0.2, 0.25) is 0 Å². The lowest BCUT2D eigenvalue weighted by Crippen LogP contribution is -2.71. The summed E-state index contributed by atoms with van der Waals surface area (Å²) in [5.41, 5.74) is 0. The van der Waals surface area contributed by atoms with Crippen molar-refractivity contribution in [3.63, 3.8) is 0 Å². The fourth-order valence-electron chi connectivity index (χ4n) is 3.76. The molecule has 28 heteroatoms. The third kappa shape index (κ3) is 6.11. The third-order valence-corrected chi connectivity index (χ3v) is 6.57. The van der Waals surface area contributed by atoms with E-state index in [-0.39, 0.29) is 0 Å². The Morgan fingerprint density at radius 3 is 0.936 bits per heavy atom. The fourth-order valence-corrected chi connectivity index (χ4v) is 3.76. The van der Waals surface area contributed by atoms with Crippen molar-refractivity contribution in [3.05, 3.63) is 0 Å². The van der Waals surface area contributed by atoms with Crippen molar-refractivity contribution in [2.75, 3.05) is 0 Å². The van der Waals surface area contributed by atoms with Crippen LogP contribution in [-0.4, -0.2) is 84.2 Å². The first kappa shape index (κ1) is 43.1. The molecule has 0 spiro atoms. The van der Waals surface area contributed by atoms with E-state index in [1.807, 2.05) is 0 Å². The largest absolute Gasteiger partial charge is 0.460 e. The second kappa shape index (κ2) is 11.6. The van der Waals surface area contributed by atoms with Gasteiger partial charge in [0.05, 0.1) is 12.2 Å². The van der Waals surface area contributed by atoms with E-state index < -0.39 is 109 Å². The quantitative estimate of drug-likeness (QED) is 0.174. The Hall–Kier alpha value is -1.90. The number of hydrogen-bond donors (Lipinski definition) is 0. The van der Waals surface area contributed by atoms with Crippen molar-refractivity contribution < 1.29 is 124 Å². The molecule has 1 fully saturated rings. The molecule has 0 amide bonds. The summed E-state index contributed by atoms with van der Waals surface area (Å²) in [5.74, 6) is -69.3. The second-order valence-electron chi connectivity index (χ2n) is 9.61. The predicted octanol–water partition coefficient (Wildman–Crippen LogP) is 9.97. The van der Waals surface area contributed by atoms with Gasteiger partial charge in [0.25, 0.3) is 0 Å². The van der Waals surface area contributed by atoms with Crippen LogP contribution in [0.25, 0.3) is 0 Å². The molecular weight excluding hydrogens is 754 g/mol. The van der Waals surface area contributed by atoms with Gasteiger partial charge in [0, 0.05) is 0 Å². The molecule has 0 aromatic carbocycles. The molecule has 47 heavy (non-hydrogen) atoms. The first-order valence-corrected chi connectivity index (χ1v) is 11.4. The molecule has 0 aromatic heterocycles. The van der Waals surface area contributed by atoms with Gasteiger partial charge in [-0.2, -0.15) is 114 Å². The van der Waals surface area contributed by atoms with Crippen molar-refractivity contribution in [1.82, 2.24) is 0 Å². The normalized spacial score (nSPS) is 22.7. The van der Waals surface area contributed by atoms with E-state index in [0.29, 0.717) is 6.92 Å². The highest BCUT2D eigenvalue weighted by Crippen LogP contribution is 2.63. The monoisotopic (exact) mass is 766 g/mol. The van der Waals surface area contributed by atoms with Crippen LogP contribution in [0, 0.1) is 5.92 Å². The van der Waals surface area contributed by atoms with Crippen LogP contribution < -0.4 is 0 Å². The summed E-state index contributed by atoms with van der Waals surface area (Å²) in [6.07, 6.45) is -42.2. The maximum absolute atomic E-state index is 14.2. The van der Waals surface area contributed by atoms with Gasteiger partial charge < -0.3 is 9.47 Å². The smallest absolute Gasteiger partial charge is 0.309 e. The zero-order chi connectivity index (χ0) is 38.3. The van der Waals surface area contributed by atoms with Crippen LogP contribution in [0.15, 0.2) is 0 Å². The molecule has 3 atom stereocenters. The Kier molecular flexibility index (Phi) is 10.6. The molecule has 0 radical (unpaired) electrons. The molecule has 0 saturated heterocycles. The lowest BCUT2D eigenvalue weighted by atomic mass is 9.96. The van der Waals surface area contributed by atoms with Gasteiger partial charge in [-0.15, -0.1) is 0 Å². The van der Waals surface area contributed by atoms with E-state index >= 15 is 0 Å². The number of ether oxygens (including phenoxy) is 2. The van der Waals surface area contributed by atoms with E-state index in [4.69, 9.17) is 0 Å². The first-order valence-electron chi connectivity index (χ1n) is 11.4. The molecule has 3 unspecified atom stereocenters. The van der Waals surface area contributed by atoms with Gasteiger partial charge in [-0.3, -0.25) is 0 Å². The SMILES string of the molecule is CCC1CCC(OC(F)(F)C(F)(F)C(F)(F)C(F)(F)C(F)(F)C(F)(F)F)C1OC(F)(F)C(F)(F)C(F)(F)C(F)(F)C(F)(F)C(F)(F)F. The highest BCUT2D eigenvalue weighted by atomic mass is 19.4. The fraction of sp³-hybridized carbons (Fsp3) is 1.00. The molecule has 0 aromatic rings. The average Bonchev–Trinajstić information content (AvgIpc) is 3.21. The number of hydrogen-bond acceptors (Lipinski definition) is 2. The van der Waals surface area contributed by atoms with E-state index in [2.05, 4.69) is 9.47 Å². The van der Waals surface area contributed by atoms with Gasteiger partial charge in [-0.05, 0) is 18.8 Å². The van der Waals surface area contributed by atoms with Crippen molar-refractivity contribution in [2.45, 2.75) is 110 Å². The second-order valence-corrected chi connectivity index (χ2v) is 9.61. The molecule has 1 rings (SSSR count). The summed E-state index contributed by atoms with van der Waals surface area (Å²) in [5, 5.41) is 0. The summed E-state index contributed by atoms with van der Waals surface area (Å²) >= 11 is 0. The third-order valence-electron chi connectivity index (χ3n) is 6.57. The molecule has 0 heterocycles. The minimum atomic E-state index is -8.53. The van der Waals surface area contributed by atoms with Crippen LogP contribution in [0.4, 0.5) is 114 Å². The Labute approximate surface area is 241 Å². The van der Waals surface area contributed by atoms with E-state index in [0.717, 1.165) is 0 Å². The Morgan fingerprint density at radius 1 is 0.383 bits per heavy atom. The van der Waals surface area contributed by atoms with Crippen LogP contribution >= 0.6 is 0 Å². The number of alkyl halides is 26. The minimum absolute atomic E-state index is 0.674. The van der Waals surface area contributed by atoms with Crippen molar-refractivity contribution >= 4 is 0 Å². The van der Waals surface area contributed by atoms with Crippen molar-refractivity contribution in [1.29, 1.82) is 0 Å². The lowest BCUT2D eigenvalue weighted by molar-refractivity contribution is -0.481. The predicted molar refractivity (Wildman–Crippen MR) is 94.3 cm³/mol. The summed E-state index contributed by atoms with van der Waals surface area (Å²) in [4.78, 5) is 0. The van der Waals surface area contributed by atoms with E-state index in [9.17, 15) is 114 Å². The van der Waals surface area contributed by atoms with Gasteiger partial charge in [-0.1, -0.05) is 13.3 Å². The van der Waals surface area contributed by atoms with Crippen LogP contribution in [0.3, 0.4) is 0 Å². The van der Waals surface area contributed by atoms with Gasteiger partial charge >= 0.3 is 72.0 Å². The summed E-state index contributed by atoms with van der Waals surface area (Å²) in [6.45, 7) is 0.674. The van der Waals surface area contributed by atoms with Gasteiger partial charge in [0.1, 0.15) is 0 Å². The summed E-state index contributed by atoms with van der Waals surface area (Å²) < 4.78 is 351. The lowest BCUT2D eigenvalue weighted by Gasteiger charge is -2.41. The highest BCUT2D eigenvalue weighted by Gasteiger charge is 2.93. The van der Waals surface area contributed by atoms with Crippen LogP contribution in [0.5, 0.6) is 0 Å². The first-order chi connectivity index (χ1) is 20.1. The molecule has 0 bridgehead atoms. The molecule has 1 aliphatic rings. The molecule has 0 N–H and O–H groups in total. The highest BCUT2D eigenvalue weighted by molar-refractivity contribution is 5.10. The Morgan fingerprint density at radius 2 is 0.660 bits per heavy atom. The zero-order valence-corrected chi connectivity index (χ0v) is 21.5. The molecule has 1 saturated carbocycles. The molecule has 282 valence electrons. The molecule has 1 aliphatic carbocycles. The Balaban J connectivity index is 3.61. The summed E-state index contributed by atoms with van der Waals surface area (Å²) in [6, 6.07) is 0. The maximum atomic E-state index is 14.2. The van der Waals surface area contributed by atoms with Gasteiger partial charge in [0.2, 0.25) is 0 Å². The maximum Gasteiger partial charge on any atom is 0.460 e. The number of rotatable bonds is 13. The van der Waals surface area contributed by atoms with Crippen molar-refractivity contribution in [3.8, 4) is 0 Å². The topological polar surface area (TPSA) is 18.5 Å². The van der Waals surface area contributed by atoms with E-state index in [1.54, 1.807) is 0 Å². The van der Waals surface area contributed by atoms with Crippen molar-refractivity contribution in [2.24, 2.45) is 5.92 Å². The summed E-state index contributed by atoms with van der Waals surface area (Å²) in [7, 11) is 0. The molecular formula is C19H12F26O2. The minimum Gasteiger partial charge on any atom is -0.309 e. The standard InChI is InChI=1S/C19H12F26O2/c1-2-5-3-4-6(46-18(42,43)14(32,33)10(24,25)8(20,21)12(28,29)16(36,37)38)7(5)47-19(44,45)15(34,35)11(26,27)9(22,23)13(30,31)17(39,40)41/h5-7H,2-4H2,1H3.